The Hall–Kier alpha value is -1.33. The zero-order valence-electron chi connectivity index (χ0n) is 10.2. The average Bonchev–Trinajstić information content (AvgIpc) is 2.91. The zero-order chi connectivity index (χ0) is 12.4. The fraction of sp³-hybridized carbons (Fsp3) is 0.583. The SMILES string of the molecule is COC(=O)c1ccc(CN2CCC(N)C2C)o1. The van der Waals surface area contributed by atoms with Crippen molar-refractivity contribution in [2.24, 2.45) is 5.73 Å². The van der Waals surface area contributed by atoms with Crippen LogP contribution in [0.5, 0.6) is 0 Å². The van der Waals surface area contributed by atoms with E-state index in [0.717, 1.165) is 18.7 Å². The summed E-state index contributed by atoms with van der Waals surface area (Å²) in [4.78, 5) is 13.5. The van der Waals surface area contributed by atoms with Crippen LogP contribution in [0.4, 0.5) is 0 Å². The van der Waals surface area contributed by atoms with Crippen LogP contribution in [0.1, 0.15) is 29.7 Å². The fourth-order valence-corrected chi connectivity index (χ4v) is 2.13. The van der Waals surface area contributed by atoms with Gasteiger partial charge in [0.2, 0.25) is 5.76 Å². The molecule has 1 aliphatic rings. The van der Waals surface area contributed by atoms with E-state index in [4.69, 9.17) is 10.2 Å². The summed E-state index contributed by atoms with van der Waals surface area (Å²) in [5, 5.41) is 0. The van der Waals surface area contributed by atoms with Gasteiger partial charge in [-0.2, -0.15) is 0 Å². The Labute approximate surface area is 101 Å². The molecule has 5 nitrogen and oxygen atoms in total. The number of ether oxygens (including phenoxy) is 1. The van der Waals surface area contributed by atoms with E-state index in [9.17, 15) is 4.79 Å². The second kappa shape index (κ2) is 4.89. The van der Waals surface area contributed by atoms with Crippen molar-refractivity contribution in [2.45, 2.75) is 32.0 Å². The molecule has 5 heteroatoms. The smallest absolute Gasteiger partial charge is 0.373 e. The molecule has 94 valence electrons. The molecule has 1 aromatic rings. The van der Waals surface area contributed by atoms with Crippen molar-refractivity contribution in [3.63, 3.8) is 0 Å². The van der Waals surface area contributed by atoms with Crippen molar-refractivity contribution in [1.82, 2.24) is 4.90 Å². The molecular weight excluding hydrogens is 220 g/mol. The van der Waals surface area contributed by atoms with E-state index in [1.54, 1.807) is 6.07 Å². The van der Waals surface area contributed by atoms with Crippen molar-refractivity contribution >= 4 is 5.97 Å². The molecule has 1 saturated heterocycles. The Bertz CT molecular complexity index is 402. The quantitative estimate of drug-likeness (QED) is 0.795. The van der Waals surface area contributed by atoms with E-state index in [1.807, 2.05) is 6.07 Å². The van der Waals surface area contributed by atoms with Crippen molar-refractivity contribution in [2.75, 3.05) is 13.7 Å². The number of carbonyl (C=O) groups is 1. The average molecular weight is 238 g/mol. The number of hydrogen-bond acceptors (Lipinski definition) is 5. The summed E-state index contributed by atoms with van der Waals surface area (Å²) in [6.07, 6.45) is 1.01. The third kappa shape index (κ3) is 2.50. The summed E-state index contributed by atoms with van der Waals surface area (Å²) in [5.41, 5.74) is 5.95. The van der Waals surface area contributed by atoms with Gasteiger partial charge in [0, 0.05) is 18.6 Å². The van der Waals surface area contributed by atoms with Gasteiger partial charge in [0.15, 0.2) is 0 Å². The van der Waals surface area contributed by atoms with Crippen molar-refractivity contribution in [3.05, 3.63) is 23.7 Å². The largest absolute Gasteiger partial charge is 0.463 e. The Morgan fingerprint density at radius 2 is 2.41 bits per heavy atom. The summed E-state index contributed by atoms with van der Waals surface area (Å²) in [6.45, 7) is 3.77. The molecule has 2 atom stereocenters. The first kappa shape index (κ1) is 12.1. The van der Waals surface area contributed by atoms with Gasteiger partial charge in [-0.1, -0.05) is 0 Å². The highest BCUT2D eigenvalue weighted by molar-refractivity contribution is 5.86. The van der Waals surface area contributed by atoms with E-state index in [0.29, 0.717) is 12.6 Å². The van der Waals surface area contributed by atoms with Gasteiger partial charge >= 0.3 is 5.97 Å². The normalized spacial score (nSPS) is 25.1. The molecule has 0 amide bonds. The number of hydrogen-bond donors (Lipinski definition) is 1. The Morgan fingerprint density at radius 3 is 3.00 bits per heavy atom. The summed E-state index contributed by atoms with van der Waals surface area (Å²) in [7, 11) is 1.34. The minimum Gasteiger partial charge on any atom is -0.463 e. The number of methoxy groups -OCH3 is 1. The van der Waals surface area contributed by atoms with Crippen LogP contribution >= 0.6 is 0 Å². The third-order valence-electron chi connectivity index (χ3n) is 3.35. The van der Waals surface area contributed by atoms with Gasteiger partial charge < -0.3 is 14.9 Å². The van der Waals surface area contributed by atoms with Gasteiger partial charge in [0.1, 0.15) is 5.76 Å². The van der Waals surface area contributed by atoms with Crippen LogP contribution in [-0.2, 0) is 11.3 Å². The molecule has 0 radical (unpaired) electrons. The standard InChI is InChI=1S/C12H18N2O3/c1-8-10(13)5-6-14(8)7-9-3-4-11(17-9)12(15)16-2/h3-4,8,10H,5-7,13H2,1-2H3. The third-order valence-corrected chi connectivity index (χ3v) is 3.35. The van der Waals surface area contributed by atoms with Gasteiger partial charge in [-0.15, -0.1) is 0 Å². The Balaban J connectivity index is 2.00. The molecule has 0 spiro atoms. The molecule has 0 bridgehead atoms. The predicted octanol–water partition coefficient (Wildman–Crippen LogP) is 0.988. The molecule has 0 saturated carbocycles. The maximum Gasteiger partial charge on any atom is 0.373 e. The minimum absolute atomic E-state index is 0.227. The van der Waals surface area contributed by atoms with Crippen molar-refractivity contribution in [1.29, 1.82) is 0 Å². The fourth-order valence-electron chi connectivity index (χ4n) is 2.13. The lowest BCUT2D eigenvalue weighted by Crippen LogP contribution is -2.36. The lowest BCUT2D eigenvalue weighted by molar-refractivity contribution is 0.0561. The van der Waals surface area contributed by atoms with Crippen molar-refractivity contribution < 1.29 is 13.9 Å². The van der Waals surface area contributed by atoms with Gasteiger partial charge in [-0.25, -0.2) is 4.79 Å². The highest BCUT2D eigenvalue weighted by atomic mass is 16.5. The van der Waals surface area contributed by atoms with Crippen LogP contribution in [0.3, 0.4) is 0 Å². The first-order chi connectivity index (χ1) is 8.11. The molecule has 0 aromatic carbocycles. The number of furan rings is 1. The Morgan fingerprint density at radius 1 is 1.65 bits per heavy atom. The monoisotopic (exact) mass is 238 g/mol. The molecule has 0 aliphatic carbocycles. The van der Waals surface area contributed by atoms with E-state index in [-0.39, 0.29) is 11.8 Å². The first-order valence-corrected chi connectivity index (χ1v) is 5.78. The van der Waals surface area contributed by atoms with E-state index < -0.39 is 5.97 Å². The molecule has 1 aromatic heterocycles. The van der Waals surface area contributed by atoms with E-state index >= 15 is 0 Å². The lowest BCUT2D eigenvalue weighted by atomic mass is 10.2. The Kier molecular flexibility index (Phi) is 3.49. The van der Waals surface area contributed by atoms with Crippen LogP contribution in [0.2, 0.25) is 0 Å². The van der Waals surface area contributed by atoms with Gasteiger partial charge in [-0.05, 0) is 25.5 Å². The highest BCUT2D eigenvalue weighted by Crippen LogP contribution is 2.20. The van der Waals surface area contributed by atoms with Gasteiger partial charge in [0.25, 0.3) is 0 Å². The lowest BCUT2D eigenvalue weighted by Gasteiger charge is -2.21. The van der Waals surface area contributed by atoms with Gasteiger partial charge in [-0.3, -0.25) is 4.90 Å². The van der Waals surface area contributed by atoms with Crippen LogP contribution in [0, 0.1) is 0 Å². The number of esters is 1. The summed E-state index contributed by atoms with van der Waals surface area (Å²) >= 11 is 0. The maximum atomic E-state index is 11.2. The van der Waals surface area contributed by atoms with Crippen LogP contribution in [0.15, 0.2) is 16.5 Å². The molecule has 2 rings (SSSR count). The topological polar surface area (TPSA) is 68.7 Å². The molecule has 1 aliphatic heterocycles. The highest BCUT2D eigenvalue weighted by Gasteiger charge is 2.28. The van der Waals surface area contributed by atoms with E-state index in [1.165, 1.54) is 7.11 Å². The molecule has 17 heavy (non-hydrogen) atoms. The second-order valence-corrected chi connectivity index (χ2v) is 4.42. The second-order valence-electron chi connectivity index (χ2n) is 4.42. The molecular formula is C12H18N2O3. The summed E-state index contributed by atoms with van der Waals surface area (Å²) < 4.78 is 10.0. The maximum absolute atomic E-state index is 11.2. The predicted molar refractivity (Wildman–Crippen MR) is 62.5 cm³/mol. The number of likely N-dealkylation sites (tertiary alicyclic amines) is 1. The number of rotatable bonds is 3. The molecule has 2 N–H and O–H groups in total. The minimum atomic E-state index is -0.442. The summed E-state index contributed by atoms with van der Waals surface area (Å²) in [5.74, 6) is 0.576. The molecule has 2 heterocycles. The zero-order valence-corrected chi connectivity index (χ0v) is 10.2. The van der Waals surface area contributed by atoms with E-state index in [2.05, 4.69) is 16.6 Å². The molecule has 1 fully saturated rings. The number of nitrogens with zero attached hydrogens (tertiary/aromatic N) is 1. The number of nitrogens with two attached hydrogens (primary N) is 1. The van der Waals surface area contributed by atoms with Crippen molar-refractivity contribution in [3.8, 4) is 0 Å². The first-order valence-electron chi connectivity index (χ1n) is 5.78. The van der Waals surface area contributed by atoms with Crippen LogP contribution in [-0.4, -0.2) is 36.6 Å². The summed E-state index contributed by atoms with van der Waals surface area (Å²) in [6, 6.07) is 4.02. The molecule has 2 unspecified atom stereocenters. The number of carbonyl (C=O) groups excluding carboxylic acids is 1. The van der Waals surface area contributed by atoms with Gasteiger partial charge in [0.05, 0.1) is 13.7 Å². The van der Waals surface area contributed by atoms with Crippen LogP contribution < -0.4 is 5.73 Å². The van der Waals surface area contributed by atoms with Crippen LogP contribution in [0.25, 0.3) is 0 Å².